The molecule has 1 aliphatic rings. The molecule has 202 valence electrons. The monoisotopic (exact) mass is 568 g/mol. The molecule has 0 spiro atoms. The van der Waals surface area contributed by atoms with Gasteiger partial charge in [-0.25, -0.2) is 18.7 Å². The topological polar surface area (TPSA) is 76.6 Å². The smallest absolute Gasteiger partial charge is 0.219 e. The number of benzene rings is 2. The number of carbonyl (C=O) groups excluding carboxylic acids is 1. The number of nitrogens with one attached hydrogen (secondary N) is 1. The van der Waals surface area contributed by atoms with Crippen LogP contribution in [-0.2, 0) is 4.79 Å². The Morgan fingerprint density at radius 2 is 1.92 bits per heavy atom. The number of rotatable bonds is 8. The van der Waals surface area contributed by atoms with Crippen molar-refractivity contribution in [3.8, 4) is 17.2 Å². The van der Waals surface area contributed by atoms with Gasteiger partial charge < -0.3 is 19.7 Å². The van der Waals surface area contributed by atoms with Gasteiger partial charge in [-0.2, -0.15) is 0 Å². The first-order valence-corrected chi connectivity index (χ1v) is 14.0. The van der Waals surface area contributed by atoms with E-state index in [0.29, 0.717) is 10.9 Å². The van der Waals surface area contributed by atoms with Gasteiger partial charge in [0.1, 0.15) is 11.6 Å². The Bertz CT molecular complexity index is 1470. The Hall–Kier alpha value is -3.70. The number of likely N-dealkylation sites (tertiary alicyclic amines) is 1. The zero-order chi connectivity index (χ0) is 27.4. The molecule has 0 aliphatic carbocycles. The zero-order valence-electron chi connectivity index (χ0n) is 21.3. The van der Waals surface area contributed by atoms with Gasteiger partial charge in [-0.3, -0.25) is 4.79 Å². The molecule has 4 aromatic rings. The molecular formula is C28H26F2N4O3S2. The first-order chi connectivity index (χ1) is 18.9. The number of amides is 1. The number of thiazole rings is 1. The van der Waals surface area contributed by atoms with Gasteiger partial charge in [0.2, 0.25) is 5.91 Å². The summed E-state index contributed by atoms with van der Waals surface area (Å²) in [7, 11) is 1.61. The van der Waals surface area contributed by atoms with Crippen molar-refractivity contribution in [3.63, 3.8) is 0 Å². The molecule has 39 heavy (non-hydrogen) atoms. The number of aromatic nitrogens is 2. The van der Waals surface area contributed by atoms with Crippen LogP contribution in [-0.4, -0.2) is 41.0 Å². The molecule has 11 heteroatoms. The van der Waals surface area contributed by atoms with Crippen LogP contribution in [0.5, 0.6) is 17.2 Å². The summed E-state index contributed by atoms with van der Waals surface area (Å²) in [5.74, 6) is 0.0677. The maximum atomic E-state index is 14.5. The van der Waals surface area contributed by atoms with Crippen molar-refractivity contribution < 1.29 is 23.0 Å². The number of carbonyl (C=O) groups is 1. The van der Waals surface area contributed by atoms with E-state index in [1.165, 1.54) is 29.2 Å². The van der Waals surface area contributed by atoms with Crippen molar-refractivity contribution in [2.75, 3.05) is 25.5 Å². The Kier molecular flexibility index (Phi) is 8.27. The van der Waals surface area contributed by atoms with Crippen molar-refractivity contribution in [1.29, 1.82) is 0 Å². The van der Waals surface area contributed by atoms with E-state index in [2.05, 4.69) is 10.3 Å². The highest BCUT2D eigenvalue weighted by molar-refractivity contribution is 7.99. The third-order valence-corrected chi connectivity index (χ3v) is 8.05. The van der Waals surface area contributed by atoms with Crippen LogP contribution in [0.15, 0.2) is 69.9 Å². The van der Waals surface area contributed by atoms with E-state index >= 15 is 0 Å². The molecule has 1 N–H and O–H groups in total. The molecule has 1 saturated heterocycles. The van der Waals surface area contributed by atoms with E-state index in [1.54, 1.807) is 26.3 Å². The van der Waals surface area contributed by atoms with Crippen LogP contribution in [0.25, 0.3) is 0 Å². The van der Waals surface area contributed by atoms with Crippen LogP contribution in [0.1, 0.15) is 31.4 Å². The second kappa shape index (κ2) is 12.0. The second-order valence-electron chi connectivity index (χ2n) is 8.96. The summed E-state index contributed by atoms with van der Waals surface area (Å²) in [4.78, 5) is 24.5. The summed E-state index contributed by atoms with van der Waals surface area (Å²) in [5.41, 5.74) is 0.961. The van der Waals surface area contributed by atoms with Gasteiger partial charge in [-0.1, -0.05) is 17.8 Å². The fraction of sp³-hybridized carbons (Fsp3) is 0.250. The SMILES string of the molecule is COc1cccc(Sc2cnc(Nc3nc(C4CCN(C(C)=O)CC4)cs3)c(Oc3ccc(F)cc3F)c2)c1. The number of halogens is 2. The maximum Gasteiger partial charge on any atom is 0.219 e. The third kappa shape index (κ3) is 6.66. The van der Waals surface area contributed by atoms with Crippen molar-refractivity contribution >= 4 is 40.0 Å². The molecule has 7 nitrogen and oxygen atoms in total. The van der Waals surface area contributed by atoms with E-state index in [9.17, 15) is 13.6 Å². The van der Waals surface area contributed by atoms with Crippen molar-refractivity contribution in [1.82, 2.24) is 14.9 Å². The minimum absolute atomic E-state index is 0.0956. The highest BCUT2D eigenvalue weighted by atomic mass is 32.2. The number of methoxy groups -OCH3 is 1. The van der Waals surface area contributed by atoms with Crippen LogP contribution in [0.4, 0.5) is 19.7 Å². The van der Waals surface area contributed by atoms with Crippen LogP contribution >= 0.6 is 23.1 Å². The predicted molar refractivity (Wildman–Crippen MR) is 147 cm³/mol. The van der Waals surface area contributed by atoms with Gasteiger partial charge in [0.15, 0.2) is 28.3 Å². The lowest BCUT2D eigenvalue weighted by molar-refractivity contribution is -0.129. The van der Waals surface area contributed by atoms with E-state index in [4.69, 9.17) is 14.5 Å². The molecule has 2 aromatic carbocycles. The van der Waals surface area contributed by atoms with E-state index < -0.39 is 11.6 Å². The average molecular weight is 569 g/mol. The molecule has 1 aliphatic heterocycles. The Labute approximate surface area is 233 Å². The molecule has 0 unspecified atom stereocenters. The third-order valence-electron chi connectivity index (χ3n) is 6.32. The Morgan fingerprint density at radius 3 is 2.67 bits per heavy atom. The Balaban J connectivity index is 1.38. The van der Waals surface area contributed by atoms with E-state index in [-0.39, 0.29) is 23.3 Å². The summed E-state index contributed by atoms with van der Waals surface area (Å²) in [6.07, 6.45) is 3.40. The van der Waals surface area contributed by atoms with Gasteiger partial charge in [-0.15, -0.1) is 11.3 Å². The largest absolute Gasteiger partial charge is 0.497 e. The summed E-state index contributed by atoms with van der Waals surface area (Å²) >= 11 is 2.88. The molecule has 0 saturated carbocycles. The average Bonchev–Trinajstić information content (AvgIpc) is 3.40. The number of nitrogens with zero attached hydrogens (tertiary/aromatic N) is 3. The van der Waals surface area contributed by atoms with E-state index in [0.717, 1.165) is 59.3 Å². The lowest BCUT2D eigenvalue weighted by atomic mass is 9.94. The molecule has 1 fully saturated rings. The fourth-order valence-electron chi connectivity index (χ4n) is 4.25. The van der Waals surface area contributed by atoms with Gasteiger partial charge in [0, 0.05) is 59.4 Å². The van der Waals surface area contributed by atoms with Gasteiger partial charge >= 0.3 is 0 Å². The lowest BCUT2D eigenvalue weighted by Crippen LogP contribution is -2.36. The van der Waals surface area contributed by atoms with Gasteiger partial charge in [0.25, 0.3) is 0 Å². The summed E-state index contributed by atoms with van der Waals surface area (Å²) in [6, 6.07) is 12.5. The first-order valence-electron chi connectivity index (χ1n) is 12.3. The normalized spacial score (nSPS) is 13.8. The number of piperidine rings is 1. The number of hydrogen-bond donors (Lipinski definition) is 1. The van der Waals surface area contributed by atoms with Crippen molar-refractivity contribution in [2.24, 2.45) is 0 Å². The second-order valence-corrected chi connectivity index (χ2v) is 11.0. The highest BCUT2D eigenvalue weighted by Crippen LogP contribution is 2.38. The molecule has 0 bridgehead atoms. The van der Waals surface area contributed by atoms with Crippen molar-refractivity contribution in [3.05, 3.63) is 77.4 Å². The van der Waals surface area contributed by atoms with E-state index in [1.807, 2.05) is 34.5 Å². The molecule has 3 heterocycles. The fourth-order valence-corrected chi connectivity index (χ4v) is 5.91. The van der Waals surface area contributed by atoms with Crippen molar-refractivity contribution in [2.45, 2.75) is 35.5 Å². The molecule has 0 atom stereocenters. The lowest BCUT2D eigenvalue weighted by Gasteiger charge is -2.30. The zero-order valence-corrected chi connectivity index (χ0v) is 23.0. The standard InChI is InChI=1S/C28H26F2N4O3S2/c1-17(35)34-10-8-18(9-11-34)24-16-38-28(32-24)33-27-26(37-25-7-6-19(29)12-23(25)30)14-22(15-31-27)39-21-5-3-4-20(13-21)36-2/h3-7,12-16,18H,8-11H2,1-2H3,(H,31,32,33). The molecule has 2 aromatic heterocycles. The van der Waals surface area contributed by atoms with Crippen LogP contribution in [0.3, 0.4) is 0 Å². The number of ether oxygens (including phenoxy) is 2. The molecule has 1 amide bonds. The number of pyridine rings is 1. The van der Waals surface area contributed by atoms with Crippen LogP contribution in [0.2, 0.25) is 0 Å². The van der Waals surface area contributed by atoms with Gasteiger partial charge in [0.05, 0.1) is 12.8 Å². The molecular weight excluding hydrogens is 542 g/mol. The minimum atomic E-state index is -0.819. The Morgan fingerprint density at radius 1 is 1.10 bits per heavy atom. The molecule has 0 radical (unpaired) electrons. The predicted octanol–water partition coefficient (Wildman–Crippen LogP) is 7.24. The number of anilines is 2. The van der Waals surface area contributed by atoms with Crippen LogP contribution in [0, 0.1) is 11.6 Å². The number of hydrogen-bond acceptors (Lipinski definition) is 8. The minimum Gasteiger partial charge on any atom is -0.497 e. The highest BCUT2D eigenvalue weighted by Gasteiger charge is 2.24. The summed E-state index contributed by atoms with van der Waals surface area (Å²) in [5, 5.41) is 5.82. The summed E-state index contributed by atoms with van der Waals surface area (Å²) < 4.78 is 39.1. The first kappa shape index (κ1) is 26.9. The van der Waals surface area contributed by atoms with Gasteiger partial charge in [-0.05, 0) is 43.2 Å². The maximum absolute atomic E-state index is 14.5. The quantitative estimate of drug-likeness (QED) is 0.240. The van der Waals surface area contributed by atoms with Crippen LogP contribution < -0.4 is 14.8 Å². The molecule has 5 rings (SSSR count). The summed E-state index contributed by atoms with van der Waals surface area (Å²) in [6.45, 7) is 3.03.